The summed E-state index contributed by atoms with van der Waals surface area (Å²) in [7, 11) is 0. The number of hydrogen-bond acceptors (Lipinski definition) is 2. The second-order valence-corrected chi connectivity index (χ2v) is 6.81. The molecule has 0 aromatic rings. The normalized spacial score (nSPS) is 15.7. The van der Waals surface area contributed by atoms with Gasteiger partial charge >= 0.3 is 0 Å². The van der Waals surface area contributed by atoms with Gasteiger partial charge in [0.2, 0.25) is 5.79 Å². The third-order valence-corrected chi connectivity index (χ3v) is 4.69. The molecule has 1 aliphatic rings. The predicted octanol–water partition coefficient (Wildman–Crippen LogP) is 7.09. The van der Waals surface area contributed by atoms with Crippen LogP contribution in [0.3, 0.4) is 0 Å². The Kier molecular flexibility index (Phi) is 11.3. The Morgan fingerprint density at radius 2 is 0.909 bits per heavy atom. The van der Waals surface area contributed by atoms with Crippen LogP contribution in [-0.2, 0) is 9.47 Å². The van der Waals surface area contributed by atoms with Crippen LogP contribution in [-0.4, -0.2) is 5.79 Å². The van der Waals surface area contributed by atoms with Crippen molar-refractivity contribution in [1.82, 2.24) is 0 Å². The molecular weight excluding hydrogens is 272 g/mol. The van der Waals surface area contributed by atoms with Crippen LogP contribution < -0.4 is 0 Å². The van der Waals surface area contributed by atoms with Crippen LogP contribution in [0.4, 0.5) is 0 Å². The van der Waals surface area contributed by atoms with Crippen LogP contribution >= 0.6 is 0 Å². The molecule has 0 radical (unpaired) electrons. The van der Waals surface area contributed by atoms with E-state index in [0.717, 1.165) is 12.8 Å². The highest BCUT2D eigenvalue weighted by atomic mass is 16.7. The standard InChI is InChI=1S/C20H38O2/c1-3-5-7-8-9-10-11-12-13-15-17-20(16-14-6-4-2)21-18-19-22-20/h18-19H,3-17H2,1-2H3. The Balaban J connectivity index is 1.97. The lowest BCUT2D eigenvalue weighted by Gasteiger charge is -2.27. The molecule has 0 aromatic heterocycles. The van der Waals surface area contributed by atoms with E-state index in [9.17, 15) is 0 Å². The van der Waals surface area contributed by atoms with Gasteiger partial charge in [-0.3, -0.25) is 0 Å². The van der Waals surface area contributed by atoms with Gasteiger partial charge in [-0.25, -0.2) is 0 Å². The fraction of sp³-hybridized carbons (Fsp3) is 0.900. The van der Waals surface area contributed by atoms with E-state index in [1.807, 2.05) is 0 Å². The molecule has 0 saturated heterocycles. The first-order valence-corrected chi connectivity index (χ1v) is 9.83. The average molecular weight is 311 g/mol. The minimum atomic E-state index is -0.324. The minimum absolute atomic E-state index is 0.324. The zero-order valence-electron chi connectivity index (χ0n) is 15.1. The Hall–Kier alpha value is -0.660. The van der Waals surface area contributed by atoms with E-state index < -0.39 is 0 Å². The summed E-state index contributed by atoms with van der Waals surface area (Å²) in [5, 5.41) is 0. The van der Waals surface area contributed by atoms with Crippen LogP contribution in [0.5, 0.6) is 0 Å². The summed E-state index contributed by atoms with van der Waals surface area (Å²) in [6, 6.07) is 0. The van der Waals surface area contributed by atoms with Crippen LogP contribution in [0.25, 0.3) is 0 Å². The third kappa shape index (κ3) is 8.70. The summed E-state index contributed by atoms with van der Waals surface area (Å²) in [5.74, 6) is -0.324. The molecule has 2 nitrogen and oxygen atoms in total. The molecule has 0 spiro atoms. The van der Waals surface area contributed by atoms with E-state index in [-0.39, 0.29) is 5.79 Å². The van der Waals surface area contributed by atoms with Crippen LogP contribution in [0.1, 0.15) is 110 Å². The van der Waals surface area contributed by atoms with Crippen molar-refractivity contribution in [1.29, 1.82) is 0 Å². The van der Waals surface area contributed by atoms with E-state index in [1.54, 1.807) is 12.5 Å². The SMILES string of the molecule is CCCCCCCCCCCCC1(CCCCC)OC=CO1. The quantitative estimate of drug-likeness (QED) is 0.300. The molecule has 0 fully saturated rings. The molecular formula is C20H38O2. The van der Waals surface area contributed by atoms with Gasteiger partial charge in [0.15, 0.2) is 0 Å². The van der Waals surface area contributed by atoms with Crippen molar-refractivity contribution < 1.29 is 9.47 Å². The van der Waals surface area contributed by atoms with Crippen molar-refractivity contribution in [2.24, 2.45) is 0 Å². The monoisotopic (exact) mass is 310 g/mol. The molecule has 1 aliphatic heterocycles. The Bertz CT molecular complexity index is 265. The van der Waals surface area contributed by atoms with Gasteiger partial charge < -0.3 is 9.47 Å². The third-order valence-electron chi connectivity index (χ3n) is 4.69. The summed E-state index contributed by atoms with van der Waals surface area (Å²) < 4.78 is 11.5. The van der Waals surface area contributed by atoms with Gasteiger partial charge in [-0.15, -0.1) is 0 Å². The van der Waals surface area contributed by atoms with Gasteiger partial charge in [0.05, 0.1) is 0 Å². The van der Waals surface area contributed by atoms with Crippen molar-refractivity contribution in [3.8, 4) is 0 Å². The summed E-state index contributed by atoms with van der Waals surface area (Å²) in [4.78, 5) is 0. The van der Waals surface area contributed by atoms with E-state index in [0.29, 0.717) is 0 Å². The van der Waals surface area contributed by atoms with Crippen molar-refractivity contribution in [3.05, 3.63) is 12.5 Å². The maximum Gasteiger partial charge on any atom is 0.249 e. The van der Waals surface area contributed by atoms with Crippen molar-refractivity contribution in [2.75, 3.05) is 0 Å². The van der Waals surface area contributed by atoms with E-state index in [1.165, 1.54) is 83.5 Å². The number of unbranched alkanes of at least 4 members (excludes halogenated alkanes) is 11. The Morgan fingerprint density at radius 3 is 1.41 bits per heavy atom. The lowest BCUT2D eigenvalue weighted by atomic mass is 9.99. The molecule has 1 rings (SSSR count). The van der Waals surface area contributed by atoms with E-state index in [2.05, 4.69) is 13.8 Å². The van der Waals surface area contributed by atoms with Gasteiger partial charge in [-0.1, -0.05) is 84.5 Å². The van der Waals surface area contributed by atoms with Crippen LogP contribution in [0.15, 0.2) is 12.5 Å². The second kappa shape index (κ2) is 12.8. The molecule has 0 N–H and O–H groups in total. The fourth-order valence-electron chi connectivity index (χ4n) is 3.22. The van der Waals surface area contributed by atoms with Gasteiger partial charge in [-0.2, -0.15) is 0 Å². The topological polar surface area (TPSA) is 18.5 Å². The molecule has 0 aliphatic carbocycles. The maximum atomic E-state index is 5.77. The largest absolute Gasteiger partial charge is 0.457 e. The lowest BCUT2D eigenvalue weighted by molar-refractivity contribution is -0.153. The zero-order chi connectivity index (χ0) is 15.9. The molecule has 0 saturated carbocycles. The van der Waals surface area contributed by atoms with Gasteiger partial charge in [0, 0.05) is 12.8 Å². The predicted molar refractivity (Wildman–Crippen MR) is 94.6 cm³/mol. The van der Waals surface area contributed by atoms with Gasteiger partial charge in [0.25, 0.3) is 0 Å². The second-order valence-electron chi connectivity index (χ2n) is 6.81. The van der Waals surface area contributed by atoms with Crippen molar-refractivity contribution in [2.45, 2.75) is 116 Å². The highest BCUT2D eigenvalue weighted by Gasteiger charge is 2.34. The van der Waals surface area contributed by atoms with E-state index >= 15 is 0 Å². The molecule has 0 bridgehead atoms. The highest BCUT2D eigenvalue weighted by molar-refractivity contribution is 4.83. The minimum Gasteiger partial charge on any atom is -0.457 e. The summed E-state index contributed by atoms with van der Waals surface area (Å²) in [6.07, 6.45) is 23.0. The summed E-state index contributed by atoms with van der Waals surface area (Å²) in [5.41, 5.74) is 0. The van der Waals surface area contributed by atoms with Gasteiger partial charge in [0.1, 0.15) is 12.5 Å². The molecule has 1 heterocycles. The molecule has 2 heteroatoms. The first-order chi connectivity index (χ1) is 10.8. The van der Waals surface area contributed by atoms with Crippen molar-refractivity contribution >= 4 is 0 Å². The maximum absolute atomic E-state index is 5.77. The lowest BCUT2D eigenvalue weighted by Crippen LogP contribution is -2.29. The highest BCUT2D eigenvalue weighted by Crippen LogP contribution is 2.32. The molecule has 0 atom stereocenters. The molecule has 22 heavy (non-hydrogen) atoms. The molecule has 0 amide bonds. The summed E-state index contributed by atoms with van der Waals surface area (Å²) >= 11 is 0. The summed E-state index contributed by atoms with van der Waals surface area (Å²) in [6.45, 7) is 4.52. The Morgan fingerprint density at radius 1 is 0.545 bits per heavy atom. The Labute approximate surface area is 138 Å². The van der Waals surface area contributed by atoms with E-state index in [4.69, 9.17) is 9.47 Å². The average Bonchev–Trinajstić information content (AvgIpc) is 2.98. The zero-order valence-corrected chi connectivity index (χ0v) is 15.1. The fourth-order valence-corrected chi connectivity index (χ4v) is 3.22. The van der Waals surface area contributed by atoms with Crippen molar-refractivity contribution in [3.63, 3.8) is 0 Å². The first-order valence-electron chi connectivity index (χ1n) is 9.83. The van der Waals surface area contributed by atoms with Gasteiger partial charge in [-0.05, 0) is 12.8 Å². The van der Waals surface area contributed by atoms with Crippen LogP contribution in [0.2, 0.25) is 0 Å². The molecule has 0 unspecified atom stereocenters. The molecule has 130 valence electrons. The smallest absolute Gasteiger partial charge is 0.249 e. The number of rotatable bonds is 15. The number of hydrogen-bond donors (Lipinski definition) is 0. The van der Waals surface area contributed by atoms with Crippen LogP contribution in [0, 0.1) is 0 Å². The first kappa shape index (κ1) is 19.4. The molecule has 0 aromatic carbocycles. The number of ether oxygens (including phenoxy) is 2.